The third-order valence-corrected chi connectivity index (χ3v) is 3.17. The van der Waals surface area contributed by atoms with Gasteiger partial charge >= 0.3 is 6.18 Å². The molecule has 106 valence electrons. The molecular formula is C13H17F3N2O. The summed E-state index contributed by atoms with van der Waals surface area (Å²) in [6.45, 7) is 2.65. The number of para-hydroxylation sites is 2. The Morgan fingerprint density at radius 2 is 1.95 bits per heavy atom. The van der Waals surface area contributed by atoms with Gasteiger partial charge in [0.1, 0.15) is 12.3 Å². The lowest BCUT2D eigenvalue weighted by Crippen LogP contribution is -2.58. The molecule has 1 aromatic rings. The van der Waals surface area contributed by atoms with Crippen LogP contribution in [0.2, 0.25) is 0 Å². The maximum atomic E-state index is 12.8. The standard InChI is InChI=1S/C13H17F3N2O/c1-8(2)11-12(17)19-10-6-4-3-5-9(10)18(11)7-13(14,15)16/h3-6,8,11-12H,7,17H2,1-2H3. The summed E-state index contributed by atoms with van der Waals surface area (Å²) in [5.41, 5.74) is 6.32. The molecule has 0 amide bonds. The predicted octanol–water partition coefficient (Wildman–Crippen LogP) is 2.76. The van der Waals surface area contributed by atoms with Crippen molar-refractivity contribution in [3.05, 3.63) is 24.3 Å². The molecule has 1 aliphatic rings. The molecule has 2 atom stereocenters. The average molecular weight is 274 g/mol. The molecule has 0 radical (unpaired) electrons. The van der Waals surface area contributed by atoms with Crippen molar-refractivity contribution in [1.29, 1.82) is 0 Å². The number of nitrogens with two attached hydrogens (primary N) is 1. The van der Waals surface area contributed by atoms with Gasteiger partial charge in [0.05, 0.1) is 11.7 Å². The van der Waals surface area contributed by atoms with Crippen molar-refractivity contribution in [2.24, 2.45) is 11.7 Å². The summed E-state index contributed by atoms with van der Waals surface area (Å²) in [7, 11) is 0. The SMILES string of the molecule is CC(C)C1C(N)Oc2ccccc2N1CC(F)(F)F. The lowest BCUT2D eigenvalue weighted by molar-refractivity contribution is -0.122. The minimum absolute atomic E-state index is 0.0503. The zero-order chi connectivity index (χ0) is 14.2. The molecule has 3 nitrogen and oxygen atoms in total. The molecule has 2 unspecified atom stereocenters. The van der Waals surface area contributed by atoms with Crippen LogP contribution in [0, 0.1) is 5.92 Å². The fraction of sp³-hybridized carbons (Fsp3) is 0.538. The maximum Gasteiger partial charge on any atom is 0.405 e. The van der Waals surface area contributed by atoms with E-state index in [0.29, 0.717) is 11.4 Å². The summed E-state index contributed by atoms with van der Waals surface area (Å²) in [6.07, 6.45) is -5.05. The number of halogens is 3. The van der Waals surface area contributed by atoms with Crippen LogP contribution in [-0.2, 0) is 0 Å². The molecule has 1 aromatic carbocycles. The Morgan fingerprint density at radius 1 is 1.32 bits per heavy atom. The Balaban J connectivity index is 2.42. The van der Waals surface area contributed by atoms with Crippen LogP contribution in [0.1, 0.15) is 13.8 Å². The highest BCUT2D eigenvalue weighted by atomic mass is 19.4. The van der Waals surface area contributed by atoms with Gasteiger partial charge in [-0.3, -0.25) is 5.73 Å². The van der Waals surface area contributed by atoms with Gasteiger partial charge in [-0.2, -0.15) is 13.2 Å². The largest absolute Gasteiger partial charge is 0.471 e. The zero-order valence-corrected chi connectivity index (χ0v) is 10.8. The molecule has 0 bridgehead atoms. The second-order valence-electron chi connectivity index (χ2n) is 5.03. The van der Waals surface area contributed by atoms with Crippen LogP contribution in [0.5, 0.6) is 5.75 Å². The van der Waals surface area contributed by atoms with Gasteiger partial charge in [-0.25, -0.2) is 0 Å². The van der Waals surface area contributed by atoms with Crippen molar-refractivity contribution < 1.29 is 17.9 Å². The van der Waals surface area contributed by atoms with E-state index < -0.39 is 25.0 Å². The van der Waals surface area contributed by atoms with Gasteiger partial charge in [0.15, 0.2) is 6.23 Å². The topological polar surface area (TPSA) is 38.5 Å². The minimum Gasteiger partial charge on any atom is -0.471 e. The van der Waals surface area contributed by atoms with Gasteiger partial charge < -0.3 is 9.64 Å². The van der Waals surface area contributed by atoms with E-state index in [1.807, 2.05) is 13.8 Å². The Morgan fingerprint density at radius 3 is 2.53 bits per heavy atom. The summed E-state index contributed by atoms with van der Waals surface area (Å²) in [5, 5.41) is 0. The van der Waals surface area contributed by atoms with E-state index in [1.54, 1.807) is 24.3 Å². The number of alkyl halides is 3. The second kappa shape index (κ2) is 4.92. The number of rotatable bonds is 2. The van der Waals surface area contributed by atoms with Crippen LogP contribution in [0.4, 0.5) is 18.9 Å². The summed E-state index contributed by atoms with van der Waals surface area (Å²) in [5.74, 6) is 0.349. The fourth-order valence-electron chi connectivity index (χ4n) is 2.47. The van der Waals surface area contributed by atoms with Gasteiger partial charge in [-0.15, -0.1) is 0 Å². The van der Waals surface area contributed by atoms with Crippen LogP contribution in [-0.4, -0.2) is 25.0 Å². The molecule has 19 heavy (non-hydrogen) atoms. The highest BCUT2D eigenvalue weighted by molar-refractivity contribution is 5.61. The number of fused-ring (bicyclic) bond motifs is 1. The molecule has 0 saturated carbocycles. The summed E-state index contributed by atoms with van der Waals surface area (Å²) in [4.78, 5) is 1.30. The number of hydrogen-bond acceptors (Lipinski definition) is 3. The molecule has 2 N–H and O–H groups in total. The highest BCUT2D eigenvalue weighted by Gasteiger charge is 2.41. The van der Waals surface area contributed by atoms with Crippen molar-refractivity contribution in [2.45, 2.75) is 32.3 Å². The van der Waals surface area contributed by atoms with Crippen LogP contribution in [0.3, 0.4) is 0 Å². The van der Waals surface area contributed by atoms with E-state index in [4.69, 9.17) is 10.5 Å². The molecule has 0 aromatic heterocycles. The first kappa shape index (κ1) is 14.0. The monoisotopic (exact) mass is 274 g/mol. The number of ether oxygens (including phenoxy) is 1. The van der Waals surface area contributed by atoms with E-state index in [9.17, 15) is 13.2 Å². The van der Waals surface area contributed by atoms with Crippen molar-refractivity contribution in [1.82, 2.24) is 0 Å². The van der Waals surface area contributed by atoms with Crippen molar-refractivity contribution in [2.75, 3.05) is 11.4 Å². The maximum absolute atomic E-state index is 12.8. The quantitative estimate of drug-likeness (QED) is 0.901. The molecule has 0 aliphatic carbocycles. The molecule has 1 aliphatic heterocycles. The average Bonchev–Trinajstić information content (AvgIpc) is 2.26. The number of anilines is 1. The molecule has 0 spiro atoms. The Kier molecular flexibility index (Phi) is 3.62. The molecule has 0 saturated heterocycles. The van der Waals surface area contributed by atoms with Crippen molar-refractivity contribution >= 4 is 5.69 Å². The van der Waals surface area contributed by atoms with Gasteiger partial charge in [-0.1, -0.05) is 26.0 Å². The Labute approximate surface area is 110 Å². The normalized spacial score (nSPS) is 23.2. The van der Waals surface area contributed by atoms with Gasteiger partial charge in [0.25, 0.3) is 0 Å². The molecule has 1 heterocycles. The fourth-order valence-corrected chi connectivity index (χ4v) is 2.47. The minimum atomic E-state index is -4.28. The molecular weight excluding hydrogens is 257 g/mol. The first-order chi connectivity index (χ1) is 8.79. The lowest BCUT2D eigenvalue weighted by atomic mass is 9.98. The first-order valence-electron chi connectivity index (χ1n) is 6.14. The molecule has 2 rings (SSSR count). The smallest absolute Gasteiger partial charge is 0.405 e. The third kappa shape index (κ3) is 2.94. The zero-order valence-electron chi connectivity index (χ0n) is 10.8. The third-order valence-electron chi connectivity index (χ3n) is 3.17. The summed E-state index contributed by atoms with van der Waals surface area (Å²) < 4.78 is 43.8. The lowest BCUT2D eigenvalue weighted by Gasteiger charge is -2.44. The Bertz CT molecular complexity index is 448. The number of benzene rings is 1. The van der Waals surface area contributed by atoms with Crippen LogP contribution >= 0.6 is 0 Å². The highest BCUT2D eigenvalue weighted by Crippen LogP contribution is 2.38. The van der Waals surface area contributed by atoms with Crippen molar-refractivity contribution in [3.8, 4) is 5.75 Å². The van der Waals surface area contributed by atoms with E-state index in [0.717, 1.165) is 0 Å². The Hall–Kier alpha value is -1.43. The first-order valence-corrected chi connectivity index (χ1v) is 6.14. The van der Waals surface area contributed by atoms with Gasteiger partial charge in [-0.05, 0) is 18.1 Å². The summed E-state index contributed by atoms with van der Waals surface area (Å²) >= 11 is 0. The van der Waals surface area contributed by atoms with E-state index in [2.05, 4.69) is 0 Å². The number of hydrogen-bond donors (Lipinski definition) is 1. The summed E-state index contributed by atoms with van der Waals surface area (Å²) in [6, 6.07) is 6.17. The van der Waals surface area contributed by atoms with E-state index in [1.165, 1.54) is 4.90 Å². The molecule has 0 fully saturated rings. The molecule has 6 heteroatoms. The number of nitrogens with zero attached hydrogens (tertiary/aromatic N) is 1. The van der Waals surface area contributed by atoms with Crippen LogP contribution < -0.4 is 15.4 Å². The second-order valence-corrected chi connectivity index (χ2v) is 5.03. The van der Waals surface area contributed by atoms with E-state index >= 15 is 0 Å². The van der Waals surface area contributed by atoms with Crippen LogP contribution in [0.15, 0.2) is 24.3 Å². The van der Waals surface area contributed by atoms with Gasteiger partial charge in [0.2, 0.25) is 0 Å². The van der Waals surface area contributed by atoms with Crippen LogP contribution in [0.25, 0.3) is 0 Å². The predicted molar refractivity (Wildman–Crippen MR) is 67.1 cm³/mol. The van der Waals surface area contributed by atoms with Crippen molar-refractivity contribution in [3.63, 3.8) is 0 Å². The van der Waals surface area contributed by atoms with E-state index in [-0.39, 0.29) is 5.92 Å². The van der Waals surface area contributed by atoms with Gasteiger partial charge in [0, 0.05) is 0 Å².